The maximum absolute atomic E-state index is 8.78. The predicted molar refractivity (Wildman–Crippen MR) is 98.0 cm³/mol. The largest absolute Gasteiger partial charge is 0.259 e. The van der Waals surface area contributed by atoms with Crippen molar-refractivity contribution in [2.24, 2.45) is 10.1 Å². The highest BCUT2D eigenvalue weighted by molar-refractivity contribution is 8.38. The van der Waals surface area contributed by atoms with Gasteiger partial charge in [0.15, 0.2) is 0 Å². The number of rotatable bonds is 4. The molecule has 0 aliphatic heterocycles. The lowest BCUT2D eigenvalue weighted by Gasteiger charge is -2.17. The molecule has 0 aromatic heterocycles. The van der Waals surface area contributed by atoms with E-state index in [1.165, 1.54) is 0 Å². The van der Waals surface area contributed by atoms with E-state index in [1.54, 1.807) is 23.5 Å². The van der Waals surface area contributed by atoms with Crippen molar-refractivity contribution in [3.05, 3.63) is 76.2 Å². The van der Waals surface area contributed by atoms with Crippen molar-refractivity contribution >= 4 is 33.6 Å². The van der Waals surface area contributed by atoms with Gasteiger partial charge in [-0.25, -0.2) is 0 Å². The first-order valence-corrected chi connectivity index (χ1v) is 9.10. The molecule has 112 valence electrons. The van der Waals surface area contributed by atoms with Gasteiger partial charge in [0, 0.05) is 10.6 Å². The molecule has 0 bridgehead atoms. The summed E-state index contributed by atoms with van der Waals surface area (Å²) in [6.07, 6.45) is 4.02. The fraction of sp³-hybridized carbons (Fsp3) is 0.188. The average Bonchev–Trinajstić information content (AvgIpc) is 2.58. The molecule has 4 nitrogen and oxygen atoms in total. The third-order valence-corrected chi connectivity index (χ3v) is 4.99. The van der Waals surface area contributed by atoms with Crippen molar-refractivity contribution in [3.63, 3.8) is 0 Å². The molecule has 1 unspecified atom stereocenters. The summed E-state index contributed by atoms with van der Waals surface area (Å²) in [4.78, 5) is 7.78. The summed E-state index contributed by atoms with van der Waals surface area (Å²) >= 11 is 3.23. The zero-order valence-corrected chi connectivity index (χ0v) is 14.0. The number of aliphatic imine (C=N–C) groups is 1. The van der Waals surface area contributed by atoms with Crippen LogP contribution in [-0.4, -0.2) is 16.9 Å². The molecule has 0 spiro atoms. The maximum Gasteiger partial charge on any atom is 0.125 e. The number of hydrogen-bond acceptors (Lipinski definition) is 4. The molecule has 0 aliphatic carbocycles. The summed E-state index contributed by atoms with van der Waals surface area (Å²) in [6, 6.07) is 17.4. The lowest BCUT2D eigenvalue weighted by Crippen LogP contribution is -2.01. The van der Waals surface area contributed by atoms with Gasteiger partial charge in [-0.15, -0.1) is 23.5 Å². The average molecular weight is 328 g/mol. The molecule has 0 heterocycles. The fourth-order valence-electron chi connectivity index (χ4n) is 2.11. The Balaban J connectivity index is 2.59. The SMILES string of the molecule is CSC(=NC(c1ccccc1)c1ccccc1N=[N+]=[N-])SC. The van der Waals surface area contributed by atoms with E-state index in [0.717, 1.165) is 15.5 Å². The first kappa shape index (κ1) is 16.5. The quantitative estimate of drug-likeness (QED) is 0.234. The number of hydrogen-bond donors (Lipinski definition) is 0. The van der Waals surface area contributed by atoms with E-state index in [2.05, 4.69) is 10.0 Å². The van der Waals surface area contributed by atoms with Crippen molar-refractivity contribution in [1.29, 1.82) is 0 Å². The fourth-order valence-corrected chi connectivity index (χ4v) is 3.20. The van der Waals surface area contributed by atoms with E-state index in [0.29, 0.717) is 5.69 Å². The van der Waals surface area contributed by atoms with Crippen LogP contribution >= 0.6 is 23.5 Å². The highest BCUT2D eigenvalue weighted by Crippen LogP contribution is 2.34. The van der Waals surface area contributed by atoms with Gasteiger partial charge in [0.05, 0.1) is 0 Å². The van der Waals surface area contributed by atoms with Gasteiger partial charge in [-0.05, 0) is 29.2 Å². The molecule has 0 saturated carbocycles. The Morgan fingerprint density at radius 2 is 1.64 bits per heavy atom. The zero-order valence-electron chi connectivity index (χ0n) is 12.4. The van der Waals surface area contributed by atoms with Crippen LogP contribution in [0.5, 0.6) is 0 Å². The Labute approximate surface area is 138 Å². The minimum atomic E-state index is -0.183. The molecule has 0 aliphatic rings. The molecular weight excluding hydrogens is 312 g/mol. The van der Waals surface area contributed by atoms with Gasteiger partial charge in [0.2, 0.25) is 0 Å². The van der Waals surface area contributed by atoms with E-state index >= 15 is 0 Å². The van der Waals surface area contributed by atoms with Crippen LogP contribution in [0.2, 0.25) is 0 Å². The first-order valence-electron chi connectivity index (χ1n) is 6.65. The zero-order chi connectivity index (χ0) is 15.8. The minimum Gasteiger partial charge on any atom is -0.259 e. The van der Waals surface area contributed by atoms with Gasteiger partial charge in [-0.3, -0.25) is 4.99 Å². The van der Waals surface area contributed by atoms with Crippen LogP contribution in [-0.2, 0) is 0 Å². The summed E-state index contributed by atoms with van der Waals surface area (Å²) < 4.78 is 0.990. The summed E-state index contributed by atoms with van der Waals surface area (Å²) in [5.41, 5.74) is 11.4. The second-order valence-corrected chi connectivity index (χ2v) is 6.21. The van der Waals surface area contributed by atoms with Crippen LogP contribution in [0.1, 0.15) is 17.2 Å². The Morgan fingerprint density at radius 3 is 2.27 bits per heavy atom. The van der Waals surface area contributed by atoms with E-state index < -0.39 is 0 Å². The molecule has 22 heavy (non-hydrogen) atoms. The number of nitrogens with zero attached hydrogens (tertiary/aromatic N) is 4. The van der Waals surface area contributed by atoms with Crippen molar-refractivity contribution in [1.82, 2.24) is 0 Å². The van der Waals surface area contributed by atoms with Crippen LogP contribution in [0.25, 0.3) is 10.4 Å². The standard InChI is InChI=1S/C16H16N4S2/c1-21-16(22-2)18-15(12-8-4-3-5-9-12)13-10-6-7-11-14(13)19-20-17/h3-11,15H,1-2H3. The highest BCUT2D eigenvalue weighted by Gasteiger charge is 2.16. The van der Waals surface area contributed by atoms with E-state index in [9.17, 15) is 0 Å². The topological polar surface area (TPSA) is 61.1 Å². The van der Waals surface area contributed by atoms with Gasteiger partial charge in [-0.2, -0.15) is 0 Å². The third-order valence-electron chi connectivity index (χ3n) is 3.08. The maximum atomic E-state index is 8.78. The first-order chi connectivity index (χ1) is 10.8. The second-order valence-electron chi connectivity index (χ2n) is 4.36. The van der Waals surface area contributed by atoms with Gasteiger partial charge in [0.25, 0.3) is 0 Å². The van der Waals surface area contributed by atoms with Gasteiger partial charge >= 0.3 is 0 Å². The van der Waals surface area contributed by atoms with Gasteiger partial charge < -0.3 is 0 Å². The molecule has 0 N–H and O–H groups in total. The Morgan fingerprint density at radius 1 is 1.00 bits per heavy atom. The van der Waals surface area contributed by atoms with Crippen LogP contribution in [0, 0.1) is 0 Å². The molecule has 0 fully saturated rings. The van der Waals surface area contributed by atoms with Crippen LogP contribution in [0.4, 0.5) is 5.69 Å². The Bertz CT molecular complexity index is 688. The molecule has 2 aromatic rings. The Kier molecular flexibility index (Phi) is 6.40. The van der Waals surface area contributed by atoms with E-state index in [1.807, 2.05) is 67.1 Å². The molecule has 6 heteroatoms. The molecular formula is C16H16N4S2. The smallest absolute Gasteiger partial charge is 0.125 e. The summed E-state index contributed by atoms with van der Waals surface area (Å²) in [7, 11) is 0. The van der Waals surface area contributed by atoms with Crippen LogP contribution in [0.15, 0.2) is 64.7 Å². The Hall–Kier alpha value is -1.88. The number of benzene rings is 2. The molecule has 0 radical (unpaired) electrons. The van der Waals surface area contributed by atoms with Crippen molar-refractivity contribution < 1.29 is 0 Å². The van der Waals surface area contributed by atoms with Crippen molar-refractivity contribution in [2.75, 3.05) is 12.5 Å². The van der Waals surface area contributed by atoms with Crippen molar-refractivity contribution in [3.8, 4) is 0 Å². The molecule has 0 saturated heterocycles. The highest BCUT2D eigenvalue weighted by atomic mass is 32.2. The number of azide groups is 1. The molecule has 0 amide bonds. The summed E-state index contributed by atoms with van der Waals surface area (Å²) in [5.74, 6) is 0. The van der Waals surface area contributed by atoms with Gasteiger partial charge in [0.1, 0.15) is 10.4 Å². The second kappa shape index (κ2) is 8.54. The normalized spacial score (nSPS) is 11.4. The molecule has 1 atom stereocenters. The van der Waals surface area contributed by atoms with E-state index in [4.69, 9.17) is 10.5 Å². The van der Waals surface area contributed by atoms with Crippen LogP contribution in [0.3, 0.4) is 0 Å². The number of thioether (sulfide) groups is 2. The van der Waals surface area contributed by atoms with Crippen molar-refractivity contribution in [2.45, 2.75) is 6.04 Å². The summed E-state index contributed by atoms with van der Waals surface area (Å²) in [5, 5.41) is 3.81. The predicted octanol–water partition coefficient (Wildman–Crippen LogP) is 5.80. The van der Waals surface area contributed by atoms with Gasteiger partial charge in [-0.1, -0.05) is 59.7 Å². The summed E-state index contributed by atoms with van der Waals surface area (Å²) in [6.45, 7) is 0. The third kappa shape index (κ3) is 4.07. The lowest BCUT2D eigenvalue weighted by atomic mass is 9.98. The minimum absolute atomic E-state index is 0.183. The van der Waals surface area contributed by atoms with E-state index in [-0.39, 0.29) is 6.04 Å². The lowest BCUT2D eigenvalue weighted by molar-refractivity contribution is 0.879. The molecule has 2 rings (SSSR count). The monoisotopic (exact) mass is 328 g/mol. The molecule has 2 aromatic carbocycles. The van der Waals surface area contributed by atoms with Crippen LogP contribution < -0.4 is 0 Å².